The largest absolute Gasteiger partial charge is 0.469 e. The Morgan fingerprint density at radius 3 is 2.27 bits per heavy atom. The summed E-state index contributed by atoms with van der Waals surface area (Å²) in [5.74, 6) is 0. The van der Waals surface area contributed by atoms with E-state index in [1.165, 1.54) is 5.56 Å². The van der Waals surface area contributed by atoms with E-state index in [-0.39, 0.29) is 13.2 Å². The lowest BCUT2D eigenvalue weighted by atomic mass is 9.91. The van der Waals surface area contributed by atoms with Gasteiger partial charge in [0.05, 0.1) is 6.61 Å². The molecule has 3 rings (SSSR count). The summed E-state index contributed by atoms with van der Waals surface area (Å²) in [4.78, 5) is 18.6. The Kier molecular flexibility index (Phi) is 11.2. The maximum Gasteiger partial charge on any atom is 0.469 e. The Morgan fingerprint density at radius 2 is 1.76 bits per heavy atom. The van der Waals surface area contributed by atoms with Crippen LogP contribution in [0.2, 0.25) is 0 Å². The third-order valence-electron chi connectivity index (χ3n) is 5.23. The van der Waals surface area contributed by atoms with Crippen LogP contribution < -0.4 is 5.73 Å². The van der Waals surface area contributed by atoms with E-state index in [4.69, 9.17) is 26.0 Å². The summed E-state index contributed by atoms with van der Waals surface area (Å²) in [6.45, 7) is 3.35. The molecule has 2 aromatic carbocycles. The van der Waals surface area contributed by atoms with Crippen LogP contribution in [0.5, 0.6) is 0 Å². The molecule has 0 saturated carbocycles. The SMILES string of the molecule is CC(=N)c1ccc(SN2CCC(N)(COP(=O)(O)O)CC2)cc1.OCCCc1ccccc1. The number of phosphoric acid groups is 1. The minimum atomic E-state index is -4.47. The molecule has 0 spiro atoms. The van der Waals surface area contributed by atoms with Gasteiger partial charge in [0, 0.05) is 35.8 Å². The van der Waals surface area contributed by atoms with Gasteiger partial charge in [0.1, 0.15) is 0 Å². The van der Waals surface area contributed by atoms with Crippen LogP contribution in [0.4, 0.5) is 0 Å². The number of nitrogens with zero attached hydrogens (tertiary/aromatic N) is 1. The molecule has 0 aromatic heterocycles. The predicted molar refractivity (Wildman–Crippen MR) is 132 cm³/mol. The van der Waals surface area contributed by atoms with E-state index in [0.717, 1.165) is 36.4 Å². The van der Waals surface area contributed by atoms with Crippen molar-refractivity contribution >= 4 is 25.5 Å². The van der Waals surface area contributed by atoms with Gasteiger partial charge in [-0.05, 0) is 67.8 Å². The summed E-state index contributed by atoms with van der Waals surface area (Å²) in [7, 11) is -4.47. The van der Waals surface area contributed by atoms with Crippen LogP contribution in [0.15, 0.2) is 59.5 Å². The van der Waals surface area contributed by atoms with Gasteiger partial charge in [-0.2, -0.15) is 0 Å². The summed E-state index contributed by atoms with van der Waals surface area (Å²) >= 11 is 1.62. The fraction of sp³-hybridized carbons (Fsp3) is 0.435. The first kappa shape index (κ1) is 27.7. The van der Waals surface area contributed by atoms with E-state index in [2.05, 4.69) is 21.0 Å². The fourth-order valence-electron chi connectivity index (χ4n) is 3.22. The maximum atomic E-state index is 10.8. The number of nitrogens with two attached hydrogens (primary N) is 1. The molecule has 1 heterocycles. The van der Waals surface area contributed by atoms with Crippen LogP contribution in [-0.4, -0.2) is 56.8 Å². The first-order chi connectivity index (χ1) is 15.6. The molecule has 0 amide bonds. The van der Waals surface area contributed by atoms with Crippen LogP contribution in [0, 0.1) is 5.41 Å². The van der Waals surface area contributed by atoms with E-state index in [9.17, 15) is 4.57 Å². The van der Waals surface area contributed by atoms with E-state index < -0.39 is 13.4 Å². The fourth-order valence-corrected chi connectivity index (χ4v) is 4.57. The Hall–Kier alpha value is -1.55. The van der Waals surface area contributed by atoms with E-state index >= 15 is 0 Å². The molecule has 1 aliphatic rings. The highest BCUT2D eigenvalue weighted by Gasteiger charge is 2.33. The number of rotatable bonds is 9. The lowest BCUT2D eigenvalue weighted by Gasteiger charge is -2.38. The Labute approximate surface area is 200 Å². The molecule has 33 heavy (non-hydrogen) atoms. The van der Waals surface area contributed by atoms with Gasteiger partial charge in [-0.1, -0.05) is 42.5 Å². The third-order valence-corrected chi connectivity index (χ3v) is 6.80. The van der Waals surface area contributed by atoms with Crippen molar-refractivity contribution in [3.8, 4) is 0 Å². The van der Waals surface area contributed by atoms with Crippen molar-refractivity contribution in [3.63, 3.8) is 0 Å². The molecule has 1 fully saturated rings. The van der Waals surface area contributed by atoms with Crippen LogP contribution in [0.25, 0.3) is 0 Å². The van der Waals surface area contributed by atoms with Crippen molar-refractivity contribution in [1.29, 1.82) is 5.41 Å². The van der Waals surface area contributed by atoms with Crippen molar-refractivity contribution in [3.05, 3.63) is 65.7 Å². The Bertz CT molecular complexity index is 900. The highest BCUT2D eigenvalue weighted by molar-refractivity contribution is 7.97. The van der Waals surface area contributed by atoms with Gasteiger partial charge in [0.25, 0.3) is 0 Å². The molecule has 0 unspecified atom stereocenters. The molecule has 1 saturated heterocycles. The molecule has 10 heteroatoms. The molecule has 182 valence electrons. The van der Waals surface area contributed by atoms with Gasteiger partial charge in [-0.3, -0.25) is 4.52 Å². The number of nitrogens with one attached hydrogen (secondary N) is 1. The second-order valence-electron chi connectivity index (χ2n) is 8.11. The van der Waals surface area contributed by atoms with E-state index in [0.29, 0.717) is 18.6 Å². The standard InChI is InChI=1S/C14H22N3O4PS.C9H12O/c1-11(15)12-2-4-13(5-3-12)23-17-8-6-14(16,7-9-17)10-21-22(18,19)20;10-8-4-7-9-5-2-1-3-6-9/h2-5,15H,6-10,16H2,1H3,(H2,18,19,20);1-3,5-6,10H,4,7-8H2. The number of aryl methyl sites for hydroxylation is 1. The number of hydrogen-bond donors (Lipinski definition) is 5. The molecule has 0 atom stereocenters. The Morgan fingerprint density at radius 1 is 1.15 bits per heavy atom. The number of benzene rings is 2. The average Bonchev–Trinajstić information content (AvgIpc) is 2.79. The quantitative estimate of drug-likeness (QED) is 0.202. The summed E-state index contributed by atoms with van der Waals surface area (Å²) in [5, 5.41) is 16.1. The van der Waals surface area contributed by atoms with Crippen molar-refractivity contribution in [2.75, 3.05) is 26.3 Å². The second-order valence-corrected chi connectivity index (χ2v) is 10.5. The first-order valence-corrected chi connectivity index (χ1v) is 13.1. The van der Waals surface area contributed by atoms with Crippen molar-refractivity contribution < 1.29 is 24.0 Å². The summed E-state index contributed by atoms with van der Waals surface area (Å²) in [6, 6.07) is 18.0. The van der Waals surface area contributed by atoms with E-state index in [1.807, 2.05) is 42.5 Å². The van der Waals surface area contributed by atoms with Gasteiger partial charge in [0.2, 0.25) is 0 Å². The lowest BCUT2D eigenvalue weighted by molar-refractivity contribution is 0.121. The van der Waals surface area contributed by atoms with Crippen molar-refractivity contribution in [2.45, 2.75) is 43.0 Å². The number of aliphatic hydroxyl groups excluding tert-OH is 1. The van der Waals surface area contributed by atoms with Crippen LogP contribution in [-0.2, 0) is 15.5 Å². The predicted octanol–water partition coefficient (Wildman–Crippen LogP) is 3.60. The average molecular weight is 496 g/mol. The molecule has 1 aliphatic heterocycles. The molecule has 2 aromatic rings. The van der Waals surface area contributed by atoms with Gasteiger partial charge < -0.3 is 26.0 Å². The van der Waals surface area contributed by atoms with Gasteiger partial charge in [-0.15, -0.1) is 0 Å². The number of piperidine rings is 1. The number of aliphatic hydroxyl groups is 1. The molecule has 8 nitrogen and oxygen atoms in total. The van der Waals surface area contributed by atoms with Crippen LogP contribution in [0.3, 0.4) is 0 Å². The number of hydrogen-bond acceptors (Lipinski definition) is 7. The minimum absolute atomic E-state index is 0.136. The summed E-state index contributed by atoms with van der Waals surface area (Å²) in [6.07, 6.45) is 3.07. The highest BCUT2D eigenvalue weighted by atomic mass is 32.2. The smallest absolute Gasteiger partial charge is 0.396 e. The molecule has 0 aliphatic carbocycles. The topological polar surface area (TPSA) is 140 Å². The minimum Gasteiger partial charge on any atom is -0.396 e. The number of phosphoric ester groups is 1. The van der Waals surface area contributed by atoms with Crippen molar-refractivity contribution in [1.82, 2.24) is 4.31 Å². The lowest BCUT2D eigenvalue weighted by Crippen LogP contribution is -2.51. The zero-order chi connectivity index (χ0) is 24.3. The maximum absolute atomic E-state index is 10.8. The summed E-state index contributed by atoms with van der Waals surface area (Å²) < 4.78 is 17.5. The van der Waals surface area contributed by atoms with Crippen molar-refractivity contribution in [2.24, 2.45) is 5.73 Å². The van der Waals surface area contributed by atoms with Gasteiger partial charge >= 0.3 is 7.82 Å². The molecule has 0 bridgehead atoms. The van der Waals surface area contributed by atoms with E-state index in [1.54, 1.807) is 18.9 Å². The molecular formula is C23H34N3O5PS. The summed E-state index contributed by atoms with van der Waals surface area (Å²) in [5.41, 5.74) is 8.20. The first-order valence-electron chi connectivity index (χ1n) is 10.8. The molecule has 0 radical (unpaired) electrons. The van der Waals surface area contributed by atoms with Gasteiger partial charge in [-0.25, -0.2) is 8.87 Å². The monoisotopic (exact) mass is 495 g/mol. The highest BCUT2D eigenvalue weighted by Crippen LogP contribution is 2.38. The van der Waals surface area contributed by atoms with Crippen LogP contribution in [0.1, 0.15) is 37.3 Å². The molecular weight excluding hydrogens is 461 g/mol. The van der Waals surface area contributed by atoms with Crippen LogP contribution >= 0.6 is 19.8 Å². The zero-order valence-electron chi connectivity index (χ0n) is 18.9. The molecule has 6 N–H and O–H groups in total. The third kappa shape index (κ3) is 10.9. The van der Waals surface area contributed by atoms with Gasteiger partial charge in [0.15, 0.2) is 0 Å². The Balaban J connectivity index is 0.000000321. The second kappa shape index (κ2) is 13.4. The normalized spacial score (nSPS) is 16.0. The zero-order valence-corrected chi connectivity index (χ0v) is 20.6.